The Morgan fingerprint density at radius 1 is 1.20 bits per heavy atom. The molecule has 2 aromatic carbocycles. The highest BCUT2D eigenvalue weighted by Gasteiger charge is 2.13. The lowest BCUT2D eigenvalue weighted by molar-refractivity contribution is 0.112. The van der Waals surface area contributed by atoms with Gasteiger partial charge in [0.25, 0.3) is 0 Å². The maximum absolute atomic E-state index is 11.0. The molecular formula is C18H18N4O3. The molecule has 128 valence electrons. The monoisotopic (exact) mass is 338 g/mol. The third-order valence-corrected chi connectivity index (χ3v) is 3.85. The second-order valence-electron chi connectivity index (χ2n) is 5.57. The first-order valence-electron chi connectivity index (χ1n) is 7.98. The number of ether oxygens (including phenoxy) is 1. The number of carbonyl (C=O) groups excluding carboxylic acids is 1. The topological polar surface area (TPSA) is 101 Å². The van der Waals surface area contributed by atoms with Gasteiger partial charge in [0.1, 0.15) is 18.1 Å². The van der Waals surface area contributed by atoms with E-state index < -0.39 is 0 Å². The van der Waals surface area contributed by atoms with E-state index >= 15 is 0 Å². The summed E-state index contributed by atoms with van der Waals surface area (Å²) < 4.78 is 5.86. The van der Waals surface area contributed by atoms with E-state index in [2.05, 4.69) is 20.6 Å². The molecule has 0 spiro atoms. The molecule has 0 aliphatic heterocycles. The van der Waals surface area contributed by atoms with Gasteiger partial charge in [-0.15, -0.1) is 10.2 Å². The lowest BCUT2D eigenvalue weighted by Crippen LogP contribution is -2.00. The minimum absolute atomic E-state index is 0.00167. The van der Waals surface area contributed by atoms with Gasteiger partial charge >= 0.3 is 0 Å². The number of carbonyl (C=O) groups is 1. The number of benzene rings is 2. The van der Waals surface area contributed by atoms with Crippen LogP contribution >= 0.6 is 0 Å². The number of phenolic OH excluding ortho intramolecular Hbond substituents is 1. The molecule has 25 heavy (non-hydrogen) atoms. The molecule has 7 heteroatoms. The first kappa shape index (κ1) is 16.6. The Morgan fingerprint density at radius 3 is 2.64 bits per heavy atom. The van der Waals surface area contributed by atoms with E-state index in [0.717, 1.165) is 17.5 Å². The van der Waals surface area contributed by atoms with Crippen LogP contribution in [0.2, 0.25) is 0 Å². The van der Waals surface area contributed by atoms with Crippen LogP contribution < -0.4 is 4.74 Å². The summed E-state index contributed by atoms with van der Waals surface area (Å²) in [7, 11) is 0. The SMILES string of the molecule is CCCc1c(OCc2ccc(-c3nn[nH]n3)cc2)ccc(C=O)c1O. The normalized spacial score (nSPS) is 10.6. The summed E-state index contributed by atoms with van der Waals surface area (Å²) in [6.45, 7) is 2.36. The summed E-state index contributed by atoms with van der Waals surface area (Å²) in [6, 6.07) is 10.9. The van der Waals surface area contributed by atoms with Crippen LogP contribution in [0.5, 0.6) is 11.5 Å². The molecule has 0 saturated heterocycles. The van der Waals surface area contributed by atoms with Crippen LogP contribution in [-0.4, -0.2) is 32.0 Å². The third-order valence-electron chi connectivity index (χ3n) is 3.85. The minimum Gasteiger partial charge on any atom is -0.507 e. The average molecular weight is 338 g/mol. The number of aromatic amines is 1. The average Bonchev–Trinajstić information content (AvgIpc) is 3.17. The Kier molecular flexibility index (Phi) is 5.03. The zero-order valence-electron chi connectivity index (χ0n) is 13.8. The van der Waals surface area contributed by atoms with Crippen LogP contribution in [0.3, 0.4) is 0 Å². The van der Waals surface area contributed by atoms with Crippen LogP contribution in [0.25, 0.3) is 11.4 Å². The van der Waals surface area contributed by atoms with E-state index in [9.17, 15) is 9.90 Å². The first-order chi connectivity index (χ1) is 12.2. The molecule has 0 aliphatic carbocycles. The van der Waals surface area contributed by atoms with E-state index in [0.29, 0.717) is 36.5 Å². The van der Waals surface area contributed by atoms with Crippen molar-refractivity contribution in [3.05, 3.63) is 53.1 Å². The number of H-pyrrole nitrogens is 1. The quantitative estimate of drug-likeness (QED) is 0.642. The molecule has 0 bridgehead atoms. The Morgan fingerprint density at radius 2 is 2.00 bits per heavy atom. The maximum atomic E-state index is 11.0. The van der Waals surface area contributed by atoms with Crippen molar-refractivity contribution in [3.63, 3.8) is 0 Å². The van der Waals surface area contributed by atoms with Crippen LogP contribution in [0, 0.1) is 0 Å². The number of phenols is 1. The number of rotatable bonds is 7. The molecular weight excluding hydrogens is 320 g/mol. The van der Waals surface area contributed by atoms with Gasteiger partial charge in [0.2, 0.25) is 5.82 Å². The predicted molar refractivity (Wildman–Crippen MR) is 91.4 cm³/mol. The van der Waals surface area contributed by atoms with E-state index in [-0.39, 0.29) is 11.3 Å². The van der Waals surface area contributed by atoms with Gasteiger partial charge in [-0.1, -0.05) is 37.6 Å². The molecule has 1 aromatic heterocycles. The minimum atomic E-state index is 0.00167. The number of nitrogens with zero attached hydrogens (tertiary/aromatic N) is 3. The summed E-state index contributed by atoms with van der Waals surface area (Å²) in [4.78, 5) is 11.0. The fourth-order valence-electron chi connectivity index (χ4n) is 2.55. The van der Waals surface area contributed by atoms with Gasteiger partial charge in [0, 0.05) is 11.1 Å². The highest BCUT2D eigenvalue weighted by atomic mass is 16.5. The zero-order valence-corrected chi connectivity index (χ0v) is 13.8. The lowest BCUT2D eigenvalue weighted by Gasteiger charge is -2.14. The Labute approximate surface area is 144 Å². The van der Waals surface area contributed by atoms with Crippen molar-refractivity contribution in [2.75, 3.05) is 0 Å². The summed E-state index contributed by atoms with van der Waals surface area (Å²) in [5.41, 5.74) is 2.77. The van der Waals surface area contributed by atoms with Crippen LogP contribution in [0.1, 0.15) is 34.8 Å². The number of aldehydes is 1. The molecule has 7 nitrogen and oxygen atoms in total. The van der Waals surface area contributed by atoms with E-state index in [4.69, 9.17) is 4.74 Å². The number of aromatic hydroxyl groups is 1. The van der Waals surface area contributed by atoms with Crippen molar-refractivity contribution >= 4 is 6.29 Å². The smallest absolute Gasteiger partial charge is 0.204 e. The number of hydrogen-bond acceptors (Lipinski definition) is 6. The van der Waals surface area contributed by atoms with E-state index in [1.54, 1.807) is 12.1 Å². The largest absolute Gasteiger partial charge is 0.507 e. The molecule has 0 aliphatic rings. The highest BCUT2D eigenvalue weighted by molar-refractivity contribution is 5.80. The standard InChI is InChI=1S/C18H18N4O3/c1-2-3-15-16(9-8-14(10-23)17(15)24)25-11-12-4-6-13(7-5-12)18-19-21-22-20-18/h4-10,24H,2-3,11H2,1H3,(H,19,20,21,22). The molecule has 0 saturated carbocycles. The van der Waals surface area contributed by atoms with Crippen molar-refractivity contribution in [1.82, 2.24) is 20.6 Å². The molecule has 0 radical (unpaired) electrons. The second kappa shape index (κ2) is 7.57. The Hall–Kier alpha value is -3.22. The Balaban J connectivity index is 1.75. The first-order valence-corrected chi connectivity index (χ1v) is 7.98. The van der Waals surface area contributed by atoms with Gasteiger partial charge < -0.3 is 9.84 Å². The van der Waals surface area contributed by atoms with Crippen molar-refractivity contribution in [3.8, 4) is 22.9 Å². The van der Waals surface area contributed by atoms with Crippen molar-refractivity contribution in [2.45, 2.75) is 26.4 Å². The van der Waals surface area contributed by atoms with Gasteiger partial charge in [-0.3, -0.25) is 4.79 Å². The van der Waals surface area contributed by atoms with Crippen molar-refractivity contribution < 1.29 is 14.6 Å². The summed E-state index contributed by atoms with van der Waals surface area (Å²) in [6.07, 6.45) is 2.13. The van der Waals surface area contributed by atoms with Crippen molar-refractivity contribution in [1.29, 1.82) is 0 Å². The van der Waals surface area contributed by atoms with Gasteiger partial charge in [-0.05, 0) is 29.3 Å². The summed E-state index contributed by atoms with van der Waals surface area (Å²) >= 11 is 0. The van der Waals surface area contributed by atoms with Gasteiger partial charge in [0.15, 0.2) is 6.29 Å². The molecule has 0 fully saturated rings. The number of tetrazole rings is 1. The molecule has 3 rings (SSSR count). The highest BCUT2D eigenvalue weighted by Crippen LogP contribution is 2.32. The number of nitrogens with one attached hydrogen (secondary N) is 1. The van der Waals surface area contributed by atoms with Crippen LogP contribution in [0.4, 0.5) is 0 Å². The van der Waals surface area contributed by atoms with Crippen LogP contribution in [-0.2, 0) is 13.0 Å². The number of hydrogen-bond donors (Lipinski definition) is 2. The second-order valence-corrected chi connectivity index (χ2v) is 5.57. The molecule has 0 unspecified atom stereocenters. The molecule has 3 aromatic rings. The fraction of sp³-hybridized carbons (Fsp3) is 0.222. The molecule has 0 amide bonds. The van der Waals surface area contributed by atoms with Gasteiger partial charge in [-0.25, -0.2) is 0 Å². The summed E-state index contributed by atoms with van der Waals surface area (Å²) in [5.74, 6) is 1.13. The molecule has 0 atom stereocenters. The third kappa shape index (κ3) is 3.65. The predicted octanol–water partition coefficient (Wildman–Crippen LogP) is 2.92. The van der Waals surface area contributed by atoms with Gasteiger partial charge in [0.05, 0.1) is 5.56 Å². The number of aromatic nitrogens is 4. The summed E-state index contributed by atoms with van der Waals surface area (Å²) in [5, 5.41) is 24.0. The Bertz CT molecular complexity index is 846. The maximum Gasteiger partial charge on any atom is 0.204 e. The lowest BCUT2D eigenvalue weighted by atomic mass is 10.0. The molecule has 2 N–H and O–H groups in total. The van der Waals surface area contributed by atoms with E-state index in [1.807, 2.05) is 31.2 Å². The fourth-order valence-corrected chi connectivity index (χ4v) is 2.55. The zero-order chi connectivity index (χ0) is 17.6. The molecule has 1 heterocycles. The van der Waals surface area contributed by atoms with Crippen molar-refractivity contribution in [2.24, 2.45) is 0 Å². The van der Waals surface area contributed by atoms with E-state index in [1.165, 1.54) is 0 Å². The van der Waals surface area contributed by atoms with Crippen LogP contribution in [0.15, 0.2) is 36.4 Å². The van der Waals surface area contributed by atoms with Gasteiger partial charge in [-0.2, -0.15) is 5.21 Å².